The Morgan fingerprint density at radius 3 is 2.33 bits per heavy atom. The highest BCUT2D eigenvalue weighted by Gasteiger charge is 2.36. The molecule has 4 aromatic carbocycles. The van der Waals surface area contributed by atoms with Crippen molar-refractivity contribution in [1.29, 1.82) is 0 Å². The molecule has 0 aromatic heterocycles. The van der Waals surface area contributed by atoms with E-state index in [1.54, 1.807) is 6.07 Å². The minimum absolute atomic E-state index is 0.0355. The zero-order valence-corrected chi connectivity index (χ0v) is 22.9. The van der Waals surface area contributed by atoms with E-state index in [0.717, 1.165) is 18.4 Å². The summed E-state index contributed by atoms with van der Waals surface area (Å²) in [4.78, 5) is 26.3. The first-order valence-corrected chi connectivity index (χ1v) is 14.3. The van der Waals surface area contributed by atoms with Gasteiger partial charge in [0.1, 0.15) is 11.6 Å². The van der Waals surface area contributed by atoms with Crippen molar-refractivity contribution in [2.24, 2.45) is 0 Å². The van der Waals surface area contributed by atoms with Gasteiger partial charge in [-0.3, -0.25) is 9.59 Å². The molecule has 2 N–H and O–H groups in total. The van der Waals surface area contributed by atoms with Gasteiger partial charge in [-0.05, 0) is 60.2 Å². The lowest BCUT2D eigenvalue weighted by Crippen LogP contribution is -2.21. The van der Waals surface area contributed by atoms with Gasteiger partial charge in [0, 0.05) is 44.8 Å². The van der Waals surface area contributed by atoms with E-state index in [4.69, 9.17) is 11.6 Å². The van der Waals surface area contributed by atoms with E-state index in [1.807, 2.05) is 0 Å². The Kier molecular flexibility index (Phi) is 7.32. The van der Waals surface area contributed by atoms with Crippen LogP contribution in [0.25, 0.3) is 11.1 Å². The first kappa shape index (κ1) is 29.2. The lowest BCUT2D eigenvalue weighted by molar-refractivity contribution is -0.137. The molecule has 1 aliphatic rings. The van der Waals surface area contributed by atoms with E-state index in [2.05, 4.69) is 10.6 Å². The number of carbonyl (C=O) groups is 2. The maximum Gasteiger partial charge on any atom is 0.416 e. The average Bonchev–Trinajstić information content (AvgIpc) is 3.25. The normalized spacial score (nSPS) is 14.8. The summed E-state index contributed by atoms with van der Waals surface area (Å²) in [6, 6.07) is 12.2. The van der Waals surface area contributed by atoms with Gasteiger partial charge in [0.15, 0.2) is 9.84 Å². The van der Waals surface area contributed by atoms with Gasteiger partial charge in [0.05, 0.1) is 16.5 Å². The molecule has 0 saturated carbocycles. The molecule has 2 amide bonds. The van der Waals surface area contributed by atoms with Crippen molar-refractivity contribution in [2.45, 2.75) is 17.1 Å². The number of hydrogen-bond donors (Lipinski definition) is 2. The molecular weight excluding hydrogens is 603 g/mol. The highest BCUT2D eigenvalue weighted by atomic mass is 35.5. The highest BCUT2D eigenvalue weighted by molar-refractivity contribution is 7.90. The summed E-state index contributed by atoms with van der Waals surface area (Å²) in [6.45, 7) is 0. The molecule has 1 heterocycles. The van der Waals surface area contributed by atoms with Crippen molar-refractivity contribution in [3.05, 3.63) is 117 Å². The van der Waals surface area contributed by atoms with Gasteiger partial charge < -0.3 is 10.6 Å². The summed E-state index contributed by atoms with van der Waals surface area (Å²) in [5, 5.41) is 5.15. The molecular formula is C29H18ClF5N2O4S. The van der Waals surface area contributed by atoms with Crippen LogP contribution in [0, 0.1) is 11.6 Å². The van der Waals surface area contributed by atoms with Crippen LogP contribution in [0.5, 0.6) is 0 Å². The number of alkyl halides is 3. The molecule has 13 heteroatoms. The number of rotatable bonds is 5. The molecule has 216 valence electrons. The fraction of sp³-hybridized carbons (Fsp3) is 0.103. The molecule has 0 spiro atoms. The molecule has 1 atom stereocenters. The molecule has 42 heavy (non-hydrogen) atoms. The molecule has 5 rings (SSSR count). The fourth-order valence-corrected chi connectivity index (χ4v) is 5.91. The Labute approximate surface area is 241 Å². The maximum absolute atomic E-state index is 14.2. The number of nitrogens with one attached hydrogen (secondary N) is 2. The second-order valence-corrected chi connectivity index (χ2v) is 11.9. The van der Waals surface area contributed by atoms with Gasteiger partial charge >= 0.3 is 6.18 Å². The Hall–Kier alpha value is -4.29. The number of halogens is 6. The van der Waals surface area contributed by atoms with E-state index >= 15 is 0 Å². The number of sulfone groups is 1. The van der Waals surface area contributed by atoms with Crippen molar-refractivity contribution in [3.8, 4) is 11.1 Å². The number of hydrogen-bond acceptors (Lipinski definition) is 4. The summed E-state index contributed by atoms with van der Waals surface area (Å²) in [5.74, 6) is -3.81. The maximum atomic E-state index is 14.2. The average molecular weight is 621 g/mol. The second kappa shape index (κ2) is 10.5. The summed E-state index contributed by atoms with van der Waals surface area (Å²) < 4.78 is 93.2. The van der Waals surface area contributed by atoms with Crippen LogP contribution in [0.3, 0.4) is 0 Å². The number of fused-ring (bicyclic) bond motifs is 1. The van der Waals surface area contributed by atoms with E-state index in [-0.39, 0.29) is 49.5 Å². The molecule has 4 aromatic rings. The Balaban J connectivity index is 1.72. The fourth-order valence-electron chi connectivity index (χ4n) is 4.77. The van der Waals surface area contributed by atoms with Crippen LogP contribution < -0.4 is 10.6 Å². The van der Waals surface area contributed by atoms with Gasteiger partial charge in [-0.25, -0.2) is 17.2 Å². The SMILES string of the molecule is CS(=O)(=O)c1ccccc1-c1cc(NC(=O)c2cc(F)cc(C(F)(F)F)c2)c2c(c1)C(=O)NC2c1cc(F)ccc1Cl. The second-order valence-electron chi connectivity index (χ2n) is 9.51. The predicted molar refractivity (Wildman–Crippen MR) is 145 cm³/mol. The molecule has 6 nitrogen and oxygen atoms in total. The van der Waals surface area contributed by atoms with E-state index in [9.17, 15) is 40.0 Å². The van der Waals surface area contributed by atoms with Gasteiger partial charge in [-0.2, -0.15) is 13.2 Å². The van der Waals surface area contributed by atoms with Crippen LogP contribution in [0.2, 0.25) is 5.02 Å². The van der Waals surface area contributed by atoms with Crippen molar-refractivity contribution in [2.75, 3.05) is 11.6 Å². The Bertz CT molecular complexity index is 1890. The van der Waals surface area contributed by atoms with E-state index < -0.39 is 56.6 Å². The van der Waals surface area contributed by atoms with Crippen LogP contribution in [-0.4, -0.2) is 26.5 Å². The highest BCUT2D eigenvalue weighted by Crippen LogP contribution is 2.43. The number of carbonyl (C=O) groups excluding carboxylic acids is 2. The quantitative estimate of drug-likeness (QED) is 0.240. The standard InChI is InChI=1S/C29H18ClF5N2O4S/c1-42(40,41)24-5-3-2-4-19(24)14-10-21-25(26(37-28(21)39)20-13-17(31)6-7-22(20)30)23(11-14)36-27(38)15-8-16(29(33,34)35)12-18(32)9-15/h2-13,26H,1H3,(H,36,38)(H,37,39). The summed E-state index contributed by atoms with van der Waals surface area (Å²) in [5.41, 5.74) is -1.68. The van der Waals surface area contributed by atoms with Crippen molar-refractivity contribution in [3.63, 3.8) is 0 Å². The monoisotopic (exact) mass is 620 g/mol. The zero-order valence-electron chi connectivity index (χ0n) is 21.3. The van der Waals surface area contributed by atoms with E-state index in [0.29, 0.717) is 12.1 Å². The lowest BCUT2D eigenvalue weighted by atomic mass is 9.92. The smallest absolute Gasteiger partial charge is 0.341 e. The third kappa shape index (κ3) is 5.59. The van der Waals surface area contributed by atoms with Gasteiger partial charge in [0.2, 0.25) is 0 Å². The van der Waals surface area contributed by atoms with E-state index in [1.165, 1.54) is 36.4 Å². The van der Waals surface area contributed by atoms with Crippen LogP contribution in [0.4, 0.5) is 27.6 Å². The molecule has 0 bridgehead atoms. The minimum atomic E-state index is -4.94. The van der Waals surface area contributed by atoms with Gasteiger partial charge in [0.25, 0.3) is 11.8 Å². The first-order chi connectivity index (χ1) is 19.6. The van der Waals surface area contributed by atoms with Crippen molar-refractivity contribution in [1.82, 2.24) is 5.32 Å². The van der Waals surface area contributed by atoms with Crippen molar-refractivity contribution >= 4 is 38.9 Å². The Morgan fingerprint density at radius 1 is 0.929 bits per heavy atom. The van der Waals surface area contributed by atoms with Crippen molar-refractivity contribution < 1.29 is 40.0 Å². The van der Waals surface area contributed by atoms with Crippen LogP contribution >= 0.6 is 11.6 Å². The van der Waals surface area contributed by atoms with Gasteiger partial charge in [-0.1, -0.05) is 29.8 Å². The Morgan fingerprint density at radius 2 is 1.64 bits per heavy atom. The number of anilines is 1. The van der Waals surface area contributed by atoms with Gasteiger partial charge in [-0.15, -0.1) is 0 Å². The predicted octanol–water partition coefficient (Wildman–Crippen LogP) is 6.79. The topological polar surface area (TPSA) is 92.3 Å². The molecule has 0 fully saturated rings. The third-order valence-corrected chi connectivity index (χ3v) is 8.09. The molecule has 0 saturated heterocycles. The summed E-state index contributed by atoms with van der Waals surface area (Å²) in [7, 11) is -3.77. The number of benzene rings is 4. The minimum Gasteiger partial charge on any atom is -0.341 e. The summed E-state index contributed by atoms with van der Waals surface area (Å²) >= 11 is 6.30. The summed E-state index contributed by atoms with van der Waals surface area (Å²) in [6.07, 6.45) is -3.96. The molecule has 0 radical (unpaired) electrons. The third-order valence-electron chi connectivity index (χ3n) is 6.59. The first-order valence-electron chi connectivity index (χ1n) is 12.1. The lowest BCUT2D eigenvalue weighted by Gasteiger charge is -2.19. The molecule has 0 aliphatic carbocycles. The molecule has 1 aliphatic heterocycles. The van der Waals surface area contributed by atoms with Crippen LogP contribution in [0.1, 0.15) is 43.4 Å². The van der Waals surface area contributed by atoms with Crippen LogP contribution in [0.15, 0.2) is 77.7 Å². The molecule has 1 unspecified atom stereocenters. The largest absolute Gasteiger partial charge is 0.416 e. The van der Waals surface area contributed by atoms with Crippen LogP contribution in [-0.2, 0) is 16.0 Å². The zero-order chi connectivity index (χ0) is 30.6. The number of amides is 2.